The topological polar surface area (TPSA) is 91.0 Å². The molecule has 0 bridgehead atoms. The molecule has 2 N–H and O–H groups in total. The number of hydrogen-bond donors (Lipinski definition) is 2. The number of carbonyl (C=O) groups is 2. The summed E-state index contributed by atoms with van der Waals surface area (Å²) >= 11 is 3.19. The van der Waals surface area contributed by atoms with Crippen LogP contribution in [0, 0.1) is 11.7 Å². The third-order valence-electron chi connectivity index (χ3n) is 5.08. The van der Waals surface area contributed by atoms with E-state index in [1.807, 2.05) is 18.2 Å². The maximum atomic E-state index is 13.9. The maximum Gasteiger partial charge on any atom is 0.271 e. The first-order valence-corrected chi connectivity index (χ1v) is 10.3. The van der Waals surface area contributed by atoms with Crippen LogP contribution >= 0.6 is 15.9 Å². The van der Waals surface area contributed by atoms with Crippen LogP contribution in [0.15, 0.2) is 53.1 Å². The number of piperidine rings is 1. The highest BCUT2D eigenvalue weighted by atomic mass is 79.9. The van der Waals surface area contributed by atoms with Gasteiger partial charge in [-0.1, -0.05) is 22.0 Å². The Bertz CT molecular complexity index is 1060. The number of halogens is 2. The van der Waals surface area contributed by atoms with Gasteiger partial charge in [0.25, 0.3) is 5.91 Å². The molecule has 4 rings (SSSR count). The Kier molecular flexibility index (Phi) is 5.89. The van der Waals surface area contributed by atoms with E-state index in [0.717, 1.165) is 0 Å². The smallest absolute Gasteiger partial charge is 0.271 e. The number of rotatable bonds is 4. The Morgan fingerprint density at radius 3 is 2.63 bits per heavy atom. The third-order valence-corrected chi connectivity index (χ3v) is 5.57. The Balaban J connectivity index is 1.34. The van der Waals surface area contributed by atoms with Crippen molar-refractivity contribution in [1.29, 1.82) is 0 Å². The number of likely N-dealkylation sites (tertiary alicyclic amines) is 1. The average Bonchev–Trinajstić information content (AvgIpc) is 3.26. The van der Waals surface area contributed by atoms with E-state index in [0.29, 0.717) is 47.5 Å². The zero-order valence-corrected chi connectivity index (χ0v) is 17.5. The summed E-state index contributed by atoms with van der Waals surface area (Å²) in [6, 6.07) is 11.7. The van der Waals surface area contributed by atoms with Crippen LogP contribution < -0.4 is 5.32 Å². The van der Waals surface area contributed by atoms with Crippen LogP contribution in [0.2, 0.25) is 0 Å². The van der Waals surface area contributed by atoms with Crippen LogP contribution in [0.1, 0.15) is 23.3 Å². The normalized spacial score (nSPS) is 14.5. The van der Waals surface area contributed by atoms with Crippen LogP contribution in [0.5, 0.6) is 0 Å². The molecule has 154 valence electrons. The lowest BCUT2D eigenvalue weighted by molar-refractivity contribution is -0.121. The van der Waals surface area contributed by atoms with Gasteiger partial charge >= 0.3 is 0 Å². The molecule has 0 saturated carbocycles. The van der Waals surface area contributed by atoms with Crippen LogP contribution in [-0.2, 0) is 4.79 Å². The van der Waals surface area contributed by atoms with Crippen LogP contribution in [0.3, 0.4) is 0 Å². The Morgan fingerprint density at radius 2 is 1.93 bits per heavy atom. The largest absolute Gasteiger partial charge is 0.337 e. The van der Waals surface area contributed by atoms with Crippen molar-refractivity contribution >= 4 is 33.4 Å². The number of nitrogens with one attached hydrogen (secondary N) is 2. The van der Waals surface area contributed by atoms with E-state index in [9.17, 15) is 14.0 Å². The molecule has 1 saturated heterocycles. The summed E-state index contributed by atoms with van der Waals surface area (Å²) in [4.78, 5) is 31.2. The van der Waals surface area contributed by atoms with Gasteiger partial charge in [0.1, 0.15) is 17.2 Å². The molecule has 0 radical (unpaired) electrons. The number of benzene rings is 1. The van der Waals surface area contributed by atoms with Gasteiger partial charge in [-0.05, 0) is 49.2 Å². The van der Waals surface area contributed by atoms with Crippen LogP contribution in [0.25, 0.3) is 11.4 Å². The van der Waals surface area contributed by atoms with E-state index in [1.54, 1.807) is 23.2 Å². The quantitative estimate of drug-likeness (QED) is 0.604. The molecule has 1 aromatic carbocycles. The van der Waals surface area contributed by atoms with Gasteiger partial charge in [-0.3, -0.25) is 19.7 Å². The van der Waals surface area contributed by atoms with E-state index in [1.165, 1.54) is 12.1 Å². The van der Waals surface area contributed by atoms with Gasteiger partial charge in [0.05, 0.1) is 11.4 Å². The predicted molar refractivity (Wildman–Crippen MR) is 113 cm³/mol. The average molecular weight is 472 g/mol. The molecule has 0 atom stereocenters. The number of H-pyrrole nitrogens is 1. The highest BCUT2D eigenvalue weighted by Gasteiger charge is 2.29. The predicted octanol–water partition coefficient (Wildman–Crippen LogP) is 3.86. The van der Waals surface area contributed by atoms with Gasteiger partial charge in [-0.15, -0.1) is 0 Å². The SMILES string of the molecule is O=C(Nc1ccc(Br)cc1F)C1CCN(C(=O)c2cc(-c3ccccn3)n[nH]2)CC1. The minimum atomic E-state index is -0.492. The Morgan fingerprint density at radius 1 is 1.13 bits per heavy atom. The summed E-state index contributed by atoms with van der Waals surface area (Å²) in [5, 5.41) is 9.58. The van der Waals surface area contributed by atoms with Gasteiger partial charge in [0.2, 0.25) is 5.91 Å². The van der Waals surface area contributed by atoms with E-state index in [2.05, 4.69) is 36.4 Å². The van der Waals surface area contributed by atoms with Gasteiger partial charge < -0.3 is 10.2 Å². The highest BCUT2D eigenvalue weighted by molar-refractivity contribution is 9.10. The van der Waals surface area contributed by atoms with Gasteiger partial charge in [0.15, 0.2) is 0 Å². The number of aromatic amines is 1. The number of anilines is 1. The minimum absolute atomic E-state index is 0.154. The molecule has 3 heterocycles. The molecule has 30 heavy (non-hydrogen) atoms. The first kappa shape index (κ1) is 20.2. The van der Waals surface area contributed by atoms with Crippen molar-refractivity contribution < 1.29 is 14.0 Å². The molecule has 0 spiro atoms. The molecule has 1 fully saturated rings. The van der Waals surface area contributed by atoms with Gasteiger partial charge in [0, 0.05) is 29.7 Å². The molecule has 7 nitrogen and oxygen atoms in total. The molecule has 1 aliphatic rings. The molecule has 2 aromatic heterocycles. The van der Waals surface area contributed by atoms with Crippen molar-refractivity contribution in [3.05, 3.63) is 64.6 Å². The van der Waals surface area contributed by atoms with E-state index in [4.69, 9.17) is 0 Å². The van der Waals surface area contributed by atoms with Crippen molar-refractivity contribution in [3.63, 3.8) is 0 Å². The van der Waals surface area contributed by atoms with Crippen molar-refractivity contribution in [2.75, 3.05) is 18.4 Å². The van der Waals surface area contributed by atoms with Crippen molar-refractivity contribution in [3.8, 4) is 11.4 Å². The molecule has 3 aromatic rings. The van der Waals surface area contributed by atoms with Gasteiger partial charge in [-0.25, -0.2) is 4.39 Å². The molecular weight excluding hydrogens is 453 g/mol. The first-order valence-electron chi connectivity index (χ1n) is 9.53. The lowest BCUT2D eigenvalue weighted by Crippen LogP contribution is -2.41. The van der Waals surface area contributed by atoms with E-state index >= 15 is 0 Å². The first-order chi connectivity index (χ1) is 14.5. The van der Waals surface area contributed by atoms with Crippen molar-refractivity contribution in [2.45, 2.75) is 12.8 Å². The lowest BCUT2D eigenvalue weighted by Gasteiger charge is -2.31. The second-order valence-corrected chi connectivity index (χ2v) is 7.98. The van der Waals surface area contributed by atoms with Crippen LogP contribution in [0.4, 0.5) is 10.1 Å². The summed E-state index contributed by atoms with van der Waals surface area (Å²) in [6.45, 7) is 0.884. The molecule has 9 heteroatoms. The number of pyridine rings is 1. The zero-order valence-electron chi connectivity index (χ0n) is 15.9. The number of aromatic nitrogens is 3. The second kappa shape index (κ2) is 8.74. The zero-order chi connectivity index (χ0) is 21.1. The fourth-order valence-electron chi connectivity index (χ4n) is 3.42. The summed E-state index contributed by atoms with van der Waals surface area (Å²) < 4.78 is 14.6. The van der Waals surface area contributed by atoms with E-state index in [-0.39, 0.29) is 23.4 Å². The standard InChI is InChI=1S/C21H19BrFN5O2/c22-14-4-5-16(15(23)11-14)25-20(29)13-6-9-28(10-7-13)21(30)19-12-18(26-27-19)17-3-1-2-8-24-17/h1-5,8,11-13H,6-7,9-10H2,(H,25,29)(H,26,27). The van der Waals surface area contributed by atoms with Crippen molar-refractivity contribution in [1.82, 2.24) is 20.1 Å². The summed E-state index contributed by atoms with van der Waals surface area (Å²) in [6.07, 6.45) is 2.69. The summed E-state index contributed by atoms with van der Waals surface area (Å²) in [7, 11) is 0. The number of carbonyl (C=O) groups excluding carboxylic acids is 2. The fraction of sp³-hybridized carbons (Fsp3) is 0.238. The number of nitrogens with zero attached hydrogens (tertiary/aromatic N) is 3. The fourth-order valence-corrected chi connectivity index (χ4v) is 3.75. The lowest BCUT2D eigenvalue weighted by atomic mass is 9.95. The summed E-state index contributed by atoms with van der Waals surface area (Å²) in [5.41, 5.74) is 1.82. The number of hydrogen-bond acceptors (Lipinski definition) is 4. The second-order valence-electron chi connectivity index (χ2n) is 7.06. The molecular formula is C21H19BrFN5O2. The van der Waals surface area contributed by atoms with Crippen molar-refractivity contribution in [2.24, 2.45) is 5.92 Å². The highest BCUT2D eigenvalue weighted by Crippen LogP contribution is 2.24. The molecule has 2 amide bonds. The Hall–Kier alpha value is -3.07. The van der Waals surface area contributed by atoms with Gasteiger partial charge in [-0.2, -0.15) is 5.10 Å². The summed E-state index contributed by atoms with van der Waals surface area (Å²) in [5.74, 6) is -1.17. The molecule has 0 aliphatic carbocycles. The Labute approximate surface area is 180 Å². The monoisotopic (exact) mass is 471 g/mol. The molecule has 0 unspecified atom stereocenters. The van der Waals surface area contributed by atoms with Crippen LogP contribution in [-0.4, -0.2) is 45.0 Å². The van der Waals surface area contributed by atoms with E-state index < -0.39 is 5.82 Å². The minimum Gasteiger partial charge on any atom is -0.337 e. The third kappa shape index (κ3) is 4.40. The number of amides is 2. The maximum absolute atomic E-state index is 13.9. The molecule has 1 aliphatic heterocycles.